The van der Waals surface area contributed by atoms with Crippen molar-refractivity contribution in [3.63, 3.8) is 0 Å². The zero-order valence-electron chi connectivity index (χ0n) is 17.6. The molecule has 0 spiro atoms. The van der Waals surface area contributed by atoms with Crippen LogP contribution in [0.3, 0.4) is 0 Å². The lowest BCUT2D eigenvalue weighted by molar-refractivity contribution is -0.120. The molecular formula is C25H30N4O. The summed E-state index contributed by atoms with van der Waals surface area (Å²) in [7, 11) is 0. The molecule has 3 N–H and O–H groups in total. The van der Waals surface area contributed by atoms with Crippen LogP contribution < -0.4 is 10.6 Å². The fourth-order valence-corrected chi connectivity index (χ4v) is 4.24. The molecular weight excluding hydrogens is 372 g/mol. The summed E-state index contributed by atoms with van der Waals surface area (Å²) in [6.07, 6.45) is 8.24. The maximum Gasteiger partial charge on any atom is 0.226 e. The van der Waals surface area contributed by atoms with Gasteiger partial charge in [0, 0.05) is 35.8 Å². The molecule has 0 aliphatic heterocycles. The monoisotopic (exact) mass is 402 g/mol. The molecule has 1 heterocycles. The number of aryl methyl sites for hydroxylation is 1. The third-order valence-electron chi connectivity index (χ3n) is 5.93. The van der Waals surface area contributed by atoms with Crippen molar-refractivity contribution < 1.29 is 4.79 Å². The van der Waals surface area contributed by atoms with Gasteiger partial charge in [-0.15, -0.1) is 0 Å². The van der Waals surface area contributed by atoms with Crippen molar-refractivity contribution in [1.29, 1.82) is 0 Å². The number of aromatic amines is 1. The Morgan fingerprint density at radius 2 is 1.87 bits per heavy atom. The predicted octanol–water partition coefficient (Wildman–Crippen LogP) is 5.18. The number of rotatable bonds is 6. The summed E-state index contributed by atoms with van der Waals surface area (Å²) in [6, 6.07) is 16.3. The Kier molecular flexibility index (Phi) is 6.47. The lowest BCUT2D eigenvalue weighted by Gasteiger charge is -2.15. The summed E-state index contributed by atoms with van der Waals surface area (Å²) in [6.45, 7) is 2.64. The molecule has 1 fully saturated rings. The van der Waals surface area contributed by atoms with Gasteiger partial charge in [0.15, 0.2) is 0 Å². The molecule has 0 radical (unpaired) electrons. The van der Waals surface area contributed by atoms with Crippen LogP contribution in [-0.2, 0) is 11.2 Å². The zero-order chi connectivity index (χ0) is 20.8. The van der Waals surface area contributed by atoms with Gasteiger partial charge in [-0.3, -0.25) is 15.1 Å². The van der Waals surface area contributed by atoms with Gasteiger partial charge in [-0.25, -0.2) is 0 Å². The predicted molar refractivity (Wildman–Crippen MR) is 124 cm³/mol. The van der Waals surface area contributed by atoms with E-state index in [4.69, 9.17) is 4.99 Å². The molecule has 0 unspecified atom stereocenters. The van der Waals surface area contributed by atoms with E-state index in [1.165, 1.54) is 23.8 Å². The number of fused-ring (bicyclic) bond motifs is 1. The van der Waals surface area contributed by atoms with Gasteiger partial charge in [-0.05, 0) is 55.4 Å². The molecule has 1 saturated carbocycles. The molecule has 1 aliphatic carbocycles. The summed E-state index contributed by atoms with van der Waals surface area (Å²) in [5.41, 5.74) is 4.46. The van der Waals surface area contributed by atoms with Gasteiger partial charge in [0.1, 0.15) is 0 Å². The van der Waals surface area contributed by atoms with Crippen molar-refractivity contribution in [2.24, 2.45) is 10.9 Å². The number of benzene rings is 2. The minimum Gasteiger partial charge on any atom is -0.361 e. The molecule has 4 rings (SSSR count). The highest BCUT2D eigenvalue weighted by atomic mass is 16.1. The SMILES string of the molecule is Cc1ccccc1NC(=NCCc1c[nH]c2ccccc12)NC(=O)CC1CCCC1. The van der Waals surface area contributed by atoms with Crippen LogP contribution in [-0.4, -0.2) is 23.4 Å². The van der Waals surface area contributed by atoms with Gasteiger partial charge >= 0.3 is 0 Å². The molecule has 1 aromatic heterocycles. The van der Waals surface area contributed by atoms with Gasteiger partial charge < -0.3 is 10.3 Å². The van der Waals surface area contributed by atoms with Crippen LogP contribution in [0.25, 0.3) is 10.9 Å². The first kappa shape index (κ1) is 20.2. The number of nitrogens with zero attached hydrogens (tertiary/aromatic N) is 1. The Morgan fingerprint density at radius 1 is 1.10 bits per heavy atom. The van der Waals surface area contributed by atoms with Crippen molar-refractivity contribution in [2.75, 3.05) is 11.9 Å². The van der Waals surface area contributed by atoms with Crippen LogP contribution in [0.1, 0.15) is 43.2 Å². The van der Waals surface area contributed by atoms with Crippen molar-refractivity contribution in [1.82, 2.24) is 10.3 Å². The summed E-state index contributed by atoms with van der Waals surface area (Å²) in [4.78, 5) is 20.6. The zero-order valence-corrected chi connectivity index (χ0v) is 17.6. The number of para-hydroxylation sites is 2. The van der Waals surface area contributed by atoms with Crippen LogP contribution in [0.2, 0.25) is 0 Å². The minimum absolute atomic E-state index is 0.0498. The highest BCUT2D eigenvalue weighted by Gasteiger charge is 2.19. The number of aliphatic imine (C=N–C) groups is 1. The van der Waals surface area contributed by atoms with Crippen LogP contribution in [0.4, 0.5) is 5.69 Å². The van der Waals surface area contributed by atoms with E-state index in [1.807, 2.05) is 43.5 Å². The third kappa shape index (κ3) is 5.09. The number of anilines is 1. The number of carbonyl (C=O) groups is 1. The van der Waals surface area contributed by atoms with Gasteiger partial charge in [-0.1, -0.05) is 49.2 Å². The number of carbonyl (C=O) groups excluding carboxylic acids is 1. The van der Waals surface area contributed by atoms with Crippen molar-refractivity contribution in [3.8, 4) is 0 Å². The quantitative estimate of drug-likeness (QED) is 0.393. The molecule has 0 atom stereocenters. The lowest BCUT2D eigenvalue weighted by Crippen LogP contribution is -2.37. The Hall–Kier alpha value is -3.08. The van der Waals surface area contributed by atoms with Crippen molar-refractivity contribution >= 4 is 28.5 Å². The van der Waals surface area contributed by atoms with Crippen molar-refractivity contribution in [2.45, 2.75) is 45.4 Å². The second-order valence-corrected chi connectivity index (χ2v) is 8.18. The number of H-pyrrole nitrogens is 1. The molecule has 30 heavy (non-hydrogen) atoms. The van der Waals surface area contributed by atoms with Gasteiger partial charge in [-0.2, -0.15) is 0 Å². The van der Waals surface area contributed by atoms with Crippen LogP contribution in [0, 0.1) is 12.8 Å². The maximum absolute atomic E-state index is 12.6. The maximum atomic E-state index is 12.6. The molecule has 156 valence electrons. The first-order valence-corrected chi connectivity index (χ1v) is 10.9. The van der Waals surface area contributed by atoms with Crippen molar-refractivity contribution in [3.05, 3.63) is 65.9 Å². The van der Waals surface area contributed by atoms with E-state index in [0.29, 0.717) is 24.8 Å². The second-order valence-electron chi connectivity index (χ2n) is 8.18. The number of nitrogens with one attached hydrogen (secondary N) is 3. The Morgan fingerprint density at radius 3 is 2.70 bits per heavy atom. The van der Waals surface area contributed by atoms with Gasteiger partial charge in [0.05, 0.1) is 0 Å². The smallest absolute Gasteiger partial charge is 0.226 e. The first-order chi connectivity index (χ1) is 14.7. The van der Waals surface area contributed by atoms with Crippen LogP contribution in [0.5, 0.6) is 0 Å². The molecule has 2 aromatic carbocycles. The first-order valence-electron chi connectivity index (χ1n) is 10.9. The number of hydrogen-bond acceptors (Lipinski definition) is 2. The average molecular weight is 403 g/mol. The van der Waals surface area contributed by atoms with E-state index in [9.17, 15) is 4.79 Å². The van der Waals surface area contributed by atoms with E-state index in [1.54, 1.807) is 0 Å². The second kappa shape index (κ2) is 9.61. The van der Waals surface area contributed by atoms with Gasteiger partial charge in [0.2, 0.25) is 11.9 Å². The van der Waals surface area contributed by atoms with Gasteiger partial charge in [0.25, 0.3) is 0 Å². The Balaban J connectivity index is 1.45. The van der Waals surface area contributed by atoms with E-state index in [2.05, 4.69) is 33.8 Å². The normalized spacial score (nSPS) is 14.9. The minimum atomic E-state index is 0.0498. The average Bonchev–Trinajstić information content (AvgIpc) is 3.40. The number of amides is 1. The molecule has 1 aliphatic rings. The summed E-state index contributed by atoms with van der Waals surface area (Å²) < 4.78 is 0. The Bertz CT molecular complexity index is 1030. The number of guanidine groups is 1. The molecule has 1 amide bonds. The molecule has 5 nitrogen and oxygen atoms in total. The van der Waals surface area contributed by atoms with Crippen LogP contribution >= 0.6 is 0 Å². The highest BCUT2D eigenvalue weighted by Crippen LogP contribution is 2.27. The Labute approximate surface area is 178 Å². The molecule has 0 saturated heterocycles. The highest BCUT2D eigenvalue weighted by molar-refractivity contribution is 6.04. The topological polar surface area (TPSA) is 69.3 Å². The molecule has 3 aromatic rings. The van der Waals surface area contributed by atoms with Crippen LogP contribution in [0.15, 0.2) is 59.7 Å². The molecule has 5 heteroatoms. The largest absolute Gasteiger partial charge is 0.361 e. The van der Waals surface area contributed by atoms with E-state index >= 15 is 0 Å². The molecule has 0 bridgehead atoms. The fraction of sp³-hybridized carbons (Fsp3) is 0.360. The van der Waals surface area contributed by atoms with E-state index < -0.39 is 0 Å². The number of aromatic nitrogens is 1. The standard InChI is InChI=1S/C25H30N4O/c1-18-8-2-6-12-22(18)28-25(29-24(30)16-19-9-3-4-10-19)26-15-14-20-17-27-23-13-7-5-11-21(20)23/h2,5-8,11-13,17,19,27H,3-4,9-10,14-16H2,1H3,(H2,26,28,29,30). The van der Waals surface area contributed by atoms with E-state index in [0.717, 1.165) is 36.0 Å². The summed E-state index contributed by atoms with van der Waals surface area (Å²) in [5, 5.41) is 7.59. The summed E-state index contributed by atoms with van der Waals surface area (Å²) in [5.74, 6) is 1.09. The third-order valence-corrected chi connectivity index (χ3v) is 5.93. The summed E-state index contributed by atoms with van der Waals surface area (Å²) >= 11 is 0. The number of hydrogen-bond donors (Lipinski definition) is 3. The fourth-order valence-electron chi connectivity index (χ4n) is 4.24. The lowest BCUT2D eigenvalue weighted by atomic mass is 10.0. The van der Waals surface area contributed by atoms with E-state index in [-0.39, 0.29) is 5.91 Å².